The fourth-order valence-corrected chi connectivity index (χ4v) is 6.11. The molecule has 0 aliphatic heterocycles. The highest BCUT2D eigenvalue weighted by Crippen LogP contribution is 2.42. The van der Waals surface area contributed by atoms with E-state index in [2.05, 4.69) is 51.8 Å². The molecule has 2 aliphatic rings. The monoisotopic (exact) mass is 553 g/mol. The molecule has 0 amide bonds. The van der Waals surface area contributed by atoms with Crippen molar-refractivity contribution < 1.29 is 5.11 Å². The predicted molar refractivity (Wildman–Crippen MR) is 141 cm³/mol. The first kappa shape index (κ1) is 24.9. The van der Waals surface area contributed by atoms with Gasteiger partial charge in [0.05, 0.1) is 6.04 Å². The highest BCUT2D eigenvalue weighted by atomic mass is 127. The fourth-order valence-electron chi connectivity index (χ4n) is 5.37. The van der Waals surface area contributed by atoms with Gasteiger partial charge in [-0.3, -0.25) is 4.90 Å². The van der Waals surface area contributed by atoms with E-state index in [1.165, 1.54) is 78.9 Å². The van der Waals surface area contributed by atoms with Gasteiger partial charge in [-0.05, 0) is 89.7 Å². The maximum atomic E-state index is 9.90. The normalized spacial score (nSPS) is 19.0. The van der Waals surface area contributed by atoms with E-state index in [0.29, 0.717) is 17.8 Å². The summed E-state index contributed by atoms with van der Waals surface area (Å²) in [6.07, 6.45) is 13.2. The zero-order chi connectivity index (χ0) is 22.2. The van der Waals surface area contributed by atoms with Gasteiger partial charge in [-0.1, -0.05) is 76.1 Å². The molecule has 2 nitrogen and oxygen atoms in total. The molecule has 0 radical (unpaired) electrons. The van der Waals surface area contributed by atoms with Crippen LogP contribution in [0, 0.1) is 3.57 Å². The van der Waals surface area contributed by atoms with Crippen LogP contribution in [0.3, 0.4) is 0 Å². The number of rotatable bonds is 5. The first-order valence-corrected chi connectivity index (χ1v) is 13.6. The Bertz CT molecular complexity index is 779. The van der Waals surface area contributed by atoms with E-state index < -0.39 is 0 Å². The summed E-state index contributed by atoms with van der Waals surface area (Å²) >= 11 is 9.21. The molecule has 31 heavy (non-hydrogen) atoms. The number of aromatic hydroxyl groups is 1. The van der Waals surface area contributed by atoms with Crippen molar-refractivity contribution in [1.82, 2.24) is 4.90 Å². The quantitative estimate of drug-likeness (QED) is 0.374. The van der Waals surface area contributed by atoms with Crippen molar-refractivity contribution in [3.05, 3.63) is 62.2 Å². The van der Waals surface area contributed by atoms with Crippen molar-refractivity contribution in [2.45, 2.75) is 96.2 Å². The van der Waals surface area contributed by atoms with Crippen LogP contribution in [0.25, 0.3) is 0 Å². The molecule has 1 atom stereocenters. The topological polar surface area (TPSA) is 23.5 Å². The first-order valence-electron chi connectivity index (χ1n) is 12.1. The van der Waals surface area contributed by atoms with E-state index in [9.17, 15) is 5.11 Å². The molecule has 1 N–H and O–H groups in total. The van der Waals surface area contributed by atoms with E-state index in [1.807, 2.05) is 32.0 Å². The van der Waals surface area contributed by atoms with Crippen molar-refractivity contribution in [1.29, 1.82) is 0 Å². The molecule has 170 valence electrons. The molecule has 4 heteroatoms. The van der Waals surface area contributed by atoms with Crippen LogP contribution < -0.4 is 0 Å². The summed E-state index contributed by atoms with van der Waals surface area (Å²) in [5.41, 5.74) is 2.45. The average molecular weight is 554 g/mol. The Morgan fingerprint density at radius 1 is 0.839 bits per heavy atom. The average Bonchev–Trinajstić information content (AvgIpc) is 2.82. The zero-order valence-electron chi connectivity index (χ0n) is 19.0. The molecule has 0 bridgehead atoms. The summed E-state index contributed by atoms with van der Waals surface area (Å²) in [6.45, 7) is 4.00. The largest absolute Gasteiger partial charge is 0.508 e. The molecular weight excluding hydrogens is 517 g/mol. The van der Waals surface area contributed by atoms with Crippen LogP contribution in [0.4, 0.5) is 0 Å². The van der Waals surface area contributed by atoms with Gasteiger partial charge in [-0.2, -0.15) is 0 Å². The van der Waals surface area contributed by atoms with Crippen molar-refractivity contribution in [2.24, 2.45) is 0 Å². The number of benzene rings is 2. The predicted octanol–water partition coefficient (Wildman–Crippen LogP) is 8.73. The maximum absolute atomic E-state index is 9.90. The smallest absolute Gasteiger partial charge is 0.115 e. The highest BCUT2D eigenvalue weighted by Gasteiger charge is 2.36. The summed E-state index contributed by atoms with van der Waals surface area (Å²) in [5, 5.41) is 10.8. The van der Waals surface area contributed by atoms with Crippen molar-refractivity contribution >= 4 is 34.2 Å². The van der Waals surface area contributed by atoms with Crippen LogP contribution >= 0.6 is 34.2 Å². The third-order valence-corrected chi connectivity index (χ3v) is 7.77. The molecule has 2 aromatic rings. The van der Waals surface area contributed by atoms with E-state index >= 15 is 0 Å². The van der Waals surface area contributed by atoms with E-state index in [-0.39, 0.29) is 6.04 Å². The van der Waals surface area contributed by atoms with Crippen LogP contribution in [0.1, 0.15) is 95.2 Å². The number of hydrogen-bond acceptors (Lipinski definition) is 2. The highest BCUT2D eigenvalue weighted by molar-refractivity contribution is 14.1. The Morgan fingerprint density at radius 2 is 1.35 bits per heavy atom. The van der Waals surface area contributed by atoms with Crippen LogP contribution in [0.2, 0.25) is 5.02 Å². The van der Waals surface area contributed by atoms with Crippen LogP contribution in [0.5, 0.6) is 5.75 Å². The lowest BCUT2D eigenvalue weighted by atomic mass is 9.84. The molecule has 4 rings (SSSR count). The van der Waals surface area contributed by atoms with Gasteiger partial charge in [0.1, 0.15) is 5.75 Å². The third-order valence-electron chi connectivity index (χ3n) is 6.75. The minimum atomic E-state index is 0.143. The van der Waals surface area contributed by atoms with Gasteiger partial charge in [0, 0.05) is 20.7 Å². The summed E-state index contributed by atoms with van der Waals surface area (Å²) < 4.78 is 1.22. The van der Waals surface area contributed by atoms with Gasteiger partial charge < -0.3 is 5.11 Å². The van der Waals surface area contributed by atoms with Gasteiger partial charge in [-0.25, -0.2) is 0 Å². The molecule has 2 aliphatic carbocycles. The Labute approximate surface area is 207 Å². The number of halogens is 2. The van der Waals surface area contributed by atoms with Crippen LogP contribution in [-0.4, -0.2) is 22.1 Å². The summed E-state index contributed by atoms with van der Waals surface area (Å²) in [5.74, 6) is 0.322. The first-order chi connectivity index (χ1) is 15.1. The maximum Gasteiger partial charge on any atom is 0.115 e. The molecular formula is C27H37ClINO. The van der Waals surface area contributed by atoms with Gasteiger partial charge in [0.2, 0.25) is 0 Å². The minimum Gasteiger partial charge on any atom is -0.508 e. The fraction of sp³-hybridized carbons (Fsp3) is 0.556. The number of phenolic OH excluding ortho intramolecular Hbond substituents is 1. The van der Waals surface area contributed by atoms with Crippen molar-refractivity contribution in [2.75, 3.05) is 0 Å². The van der Waals surface area contributed by atoms with Crippen molar-refractivity contribution in [3.8, 4) is 5.75 Å². The van der Waals surface area contributed by atoms with Crippen molar-refractivity contribution in [3.63, 3.8) is 0 Å². The van der Waals surface area contributed by atoms with E-state index in [0.717, 1.165) is 5.02 Å². The zero-order valence-corrected chi connectivity index (χ0v) is 21.9. The number of nitrogens with zero attached hydrogens (tertiary/aromatic N) is 1. The second-order valence-electron chi connectivity index (χ2n) is 8.69. The summed E-state index contributed by atoms with van der Waals surface area (Å²) in [4.78, 5) is 2.84. The molecule has 2 saturated carbocycles. The van der Waals surface area contributed by atoms with Gasteiger partial charge in [-0.15, -0.1) is 0 Å². The number of hydrogen-bond donors (Lipinski definition) is 1. The van der Waals surface area contributed by atoms with Gasteiger partial charge >= 0.3 is 0 Å². The standard InChI is InChI=1S/C25H31ClINO.C2H6/c26-24-16-13-19(27)17-23(24)25(18-11-14-22(29)15-12-18)28(20-7-3-1-4-8-20)21-9-5-2-6-10-21;1-2/h11-17,20-21,25,29H,1-10H2;1-2H3. The number of phenols is 1. The summed E-state index contributed by atoms with van der Waals surface area (Å²) in [7, 11) is 0. The molecule has 2 aromatic carbocycles. The Hall–Kier alpha value is -0.780. The molecule has 0 heterocycles. The van der Waals surface area contributed by atoms with Gasteiger partial charge in [0.25, 0.3) is 0 Å². The summed E-state index contributed by atoms with van der Waals surface area (Å²) in [6, 6.07) is 15.6. The molecule has 0 spiro atoms. The molecule has 0 saturated heterocycles. The Kier molecular flexibility index (Phi) is 9.99. The lowest BCUT2D eigenvalue weighted by molar-refractivity contribution is 0.0517. The molecule has 1 unspecified atom stereocenters. The Morgan fingerprint density at radius 3 is 1.87 bits per heavy atom. The second kappa shape index (κ2) is 12.5. The van der Waals surface area contributed by atoms with E-state index in [1.54, 1.807) is 0 Å². The van der Waals surface area contributed by atoms with E-state index in [4.69, 9.17) is 11.6 Å². The van der Waals surface area contributed by atoms with Crippen LogP contribution in [0.15, 0.2) is 42.5 Å². The van der Waals surface area contributed by atoms with Crippen LogP contribution in [-0.2, 0) is 0 Å². The molecule has 2 fully saturated rings. The lowest BCUT2D eigenvalue weighted by Gasteiger charge is -2.47. The SMILES string of the molecule is CC.Oc1ccc(C(c2cc(I)ccc2Cl)N(C2CCCCC2)C2CCCCC2)cc1. The Balaban J connectivity index is 0.00000132. The second-order valence-corrected chi connectivity index (χ2v) is 10.3. The van der Waals surface area contributed by atoms with Gasteiger partial charge in [0.15, 0.2) is 0 Å². The lowest BCUT2D eigenvalue weighted by Crippen LogP contribution is -2.47. The molecule has 0 aromatic heterocycles. The third kappa shape index (κ3) is 6.39. The minimum absolute atomic E-state index is 0.143.